The van der Waals surface area contributed by atoms with Crippen molar-refractivity contribution in [1.82, 2.24) is 15.0 Å². The van der Waals surface area contributed by atoms with Gasteiger partial charge in [-0.2, -0.15) is 15.0 Å². The molecular weight excluding hydrogens is 388 g/mol. The molecule has 7 nitrogen and oxygen atoms in total. The van der Waals surface area contributed by atoms with Crippen molar-refractivity contribution in [1.29, 1.82) is 0 Å². The fourth-order valence-corrected chi connectivity index (χ4v) is 3.25. The van der Waals surface area contributed by atoms with Gasteiger partial charge in [0.2, 0.25) is 17.8 Å². The Balaban J connectivity index is 1.77. The first-order valence-electron chi connectivity index (χ1n) is 9.88. The normalized spacial score (nSPS) is 10.5. The van der Waals surface area contributed by atoms with Gasteiger partial charge in [-0.1, -0.05) is 24.3 Å². The molecule has 0 fully saturated rings. The maximum Gasteiger partial charge on any atom is 0.241 e. The molecule has 0 aliphatic heterocycles. The van der Waals surface area contributed by atoms with Gasteiger partial charge < -0.3 is 15.8 Å². The van der Waals surface area contributed by atoms with E-state index in [4.69, 9.17) is 10.5 Å². The molecule has 1 aromatic heterocycles. The summed E-state index contributed by atoms with van der Waals surface area (Å²) < 4.78 is 5.21. The van der Waals surface area contributed by atoms with Gasteiger partial charge in [0.15, 0.2) is 0 Å². The summed E-state index contributed by atoms with van der Waals surface area (Å²) in [5, 5.41) is 3.19. The minimum Gasteiger partial charge on any atom is -0.497 e. The first kappa shape index (κ1) is 20.2. The van der Waals surface area contributed by atoms with Crippen molar-refractivity contribution in [2.24, 2.45) is 0 Å². The van der Waals surface area contributed by atoms with Gasteiger partial charge in [-0.3, -0.25) is 4.90 Å². The summed E-state index contributed by atoms with van der Waals surface area (Å²) in [5.74, 6) is 1.69. The minimum atomic E-state index is 0.131. The Morgan fingerprint density at radius 1 is 0.806 bits per heavy atom. The van der Waals surface area contributed by atoms with Crippen molar-refractivity contribution in [3.63, 3.8) is 0 Å². The molecule has 0 unspecified atom stereocenters. The number of nitrogens with two attached hydrogens (primary N) is 1. The largest absolute Gasteiger partial charge is 0.497 e. The maximum absolute atomic E-state index is 6.06. The van der Waals surface area contributed by atoms with Gasteiger partial charge in [-0.25, -0.2) is 0 Å². The third-order valence-electron chi connectivity index (χ3n) is 4.71. The van der Waals surface area contributed by atoms with Gasteiger partial charge in [0, 0.05) is 17.1 Å². The number of hydrogen-bond donors (Lipinski definition) is 2. The number of methoxy groups -OCH3 is 1. The van der Waals surface area contributed by atoms with Crippen LogP contribution in [0.4, 0.5) is 34.9 Å². The standard InChI is InChI=1S/C24H24N6O/c1-16-6-4-8-19(14-16)30(20-9-5-7-17(2)15-20)24-28-22(25)27-23(29-24)26-18-10-12-21(31-3)13-11-18/h4-15H,1-3H3,(H3,25,26,27,28,29). The fourth-order valence-electron chi connectivity index (χ4n) is 3.25. The maximum atomic E-state index is 6.06. The number of aromatic nitrogens is 3. The quantitative estimate of drug-likeness (QED) is 0.444. The number of hydrogen-bond acceptors (Lipinski definition) is 7. The number of ether oxygens (including phenoxy) is 1. The number of nitrogens with one attached hydrogen (secondary N) is 1. The third-order valence-corrected chi connectivity index (χ3v) is 4.71. The van der Waals surface area contributed by atoms with E-state index >= 15 is 0 Å². The van der Waals surface area contributed by atoms with Crippen LogP contribution < -0.4 is 20.7 Å². The molecule has 0 saturated carbocycles. The van der Waals surface area contributed by atoms with E-state index in [1.165, 1.54) is 0 Å². The highest BCUT2D eigenvalue weighted by Gasteiger charge is 2.18. The molecule has 3 N–H and O–H groups in total. The Morgan fingerprint density at radius 3 is 1.97 bits per heavy atom. The van der Waals surface area contributed by atoms with Crippen LogP contribution in [0, 0.1) is 13.8 Å². The monoisotopic (exact) mass is 412 g/mol. The second-order valence-electron chi connectivity index (χ2n) is 7.18. The lowest BCUT2D eigenvalue weighted by atomic mass is 10.1. The van der Waals surface area contributed by atoms with E-state index in [0.29, 0.717) is 11.9 Å². The Morgan fingerprint density at radius 2 is 1.42 bits per heavy atom. The molecule has 3 aromatic carbocycles. The summed E-state index contributed by atoms with van der Waals surface area (Å²) in [6.45, 7) is 4.10. The van der Waals surface area contributed by atoms with Crippen molar-refractivity contribution < 1.29 is 4.74 Å². The van der Waals surface area contributed by atoms with Gasteiger partial charge in [0.05, 0.1) is 7.11 Å². The van der Waals surface area contributed by atoms with Crippen LogP contribution >= 0.6 is 0 Å². The summed E-state index contributed by atoms with van der Waals surface area (Å²) in [6, 6.07) is 23.8. The summed E-state index contributed by atoms with van der Waals surface area (Å²) in [5.41, 5.74) is 11.0. The molecule has 0 amide bonds. The third kappa shape index (κ3) is 4.72. The SMILES string of the molecule is COc1ccc(Nc2nc(N)nc(N(c3cccc(C)c3)c3cccc(C)c3)n2)cc1. The number of nitrogens with zero attached hydrogens (tertiary/aromatic N) is 4. The second kappa shape index (κ2) is 8.71. The number of aryl methyl sites for hydroxylation is 2. The van der Waals surface area contributed by atoms with E-state index in [-0.39, 0.29) is 5.95 Å². The summed E-state index contributed by atoms with van der Waals surface area (Å²) in [4.78, 5) is 15.3. The molecule has 0 radical (unpaired) electrons. The molecule has 0 bridgehead atoms. The van der Waals surface area contributed by atoms with E-state index in [0.717, 1.165) is 33.9 Å². The van der Waals surface area contributed by atoms with Gasteiger partial charge >= 0.3 is 0 Å². The lowest BCUT2D eigenvalue weighted by Crippen LogP contribution is -2.16. The van der Waals surface area contributed by atoms with E-state index in [1.54, 1.807) is 7.11 Å². The zero-order valence-electron chi connectivity index (χ0n) is 17.7. The van der Waals surface area contributed by atoms with Gasteiger partial charge in [-0.05, 0) is 73.5 Å². The average Bonchev–Trinajstić information content (AvgIpc) is 2.74. The smallest absolute Gasteiger partial charge is 0.241 e. The predicted octanol–water partition coefficient (Wildman–Crippen LogP) is 5.29. The van der Waals surface area contributed by atoms with Crippen LogP contribution in [-0.4, -0.2) is 22.1 Å². The predicted molar refractivity (Wildman–Crippen MR) is 125 cm³/mol. The van der Waals surface area contributed by atoms with E-state index in [1.807, 2.05) is 53.4 Å². The molecule has 1 heterocycles. The highest BCUT2D eigenvalue weighted by atomic mass is 16.5. The molecule has 31 heavy (non-hydrogen) atoms. The molecule has 0 aliphatic carbocycles. The highest BCUT2D eigenvalue weighted by molar-refractivity contribution is 5.74. The summed E-state index contributed by atoms with van der Waals surface area (Å²) >= 11 is 0. The lowest BCUT2D eigenvalue weighted by molar-refractivity contribution is 0.415. The number of benzene rings is 3. The molecule has 4 rings (SSSR count). The number of nitrogen functional groups attached to an aromatic ring is 1. The van der Waals surface area contributed by atoms with Gasteiger partial charge in [0.1, 0.15) is 5.75 Å². The van der Waals surface area contributed by atoms with Crippen molar-refractivity contribution >= 4 is 34.9 Å². The topological polar surface area (TPSA) is 89.2 Å². The molecular formula is C24H24N6O. The zero-order valence-corrected chi connectivity index (χ0v) is 17.7. The molecule has 0 saturated heterocycles. The first-order chi connectivity index (χ1) is 15.0. The van der Waals surface area contributed by atoms with Crippen LogP contribution in [0.1, 0.15) is 11.1 Å². The molecule has 156 valence electrons. The van der Waals surface area contributed by atoms with E-state index in [2.05, 4.69) is 58.4 Å². The van der Waals surface area contributed by atoms with E-state index in [9.17, 15) is 0 Å². The van der Waals surface area contributed by atoms with Crippen LogP contribution in [0.3, 0.4) is 0 Å². The van der Waals surface area contributed by atoms with Crippen LogP contribution in [0.25, 0.3) is 0 Å². The molecule has 0 aliphatic rings. The van der Waals surface area contributed by atoms with Crippen LogP contribution in [0.2, 0.25) is 0 Å². The molecule has 0 atom stereocenters. The average molecular weight is 412 g/mol. The van der Waals surface area contributed by atoms with Crippen molar-refractivity contribution in [3.05, 3.63) is 83.9 Å². The van der Waals surface area contributed by atoms with E-state index < -0.39 is 0 Å². The first-order valence-corrected chi connectivity index (χ1v) is 9.88. The summed E-state index contributed by atoms with van der Waals surface area (Å²) in [7, 11) is 1.63. The van der Waals surface area contributed by atoms with Crippen molar-refractivity contribution in [3.8, 4) is 5.75 Å². The highest BCUT2D eigenvalue weighted by Crippen LogP contribution is 2.33. The minimum absolute atomic E-state index is 0.131. The Hall–Kier alpha value is -4.13. The Kier molecular flexibility index (Phi) is 5.66. The molecule has 4 aromatic rings. The van der Waals surface area contributed by atoms with Crippen LogP contribution in [-0.2, 0) is 0 Å². The second-order valence-corrected chi connectivity index (χ2v) is 7.18. The van der Waals surface area contributed by atoms with Gasteiger partial charge in [0.25, 0.3) is 0 Å². The van der Waals surface area contributed by atoms with Crippen molar-refractivity contribution in [2.75, 3.05) is 23.1 Å². The molecule has 0 spiro atoms. The lowest BCUT2D eigenvalue weighted by Gasteiger charge is -2.24. The van der Waals surface area contributed by atoms with Crippen LogP contribution in [0.5, 0.6) is 5.75 Å². The Labute approximate surface area is 181 Å². The van der Waals surface area contributed by atoms with Gasteiger partial charge in [-0.15, -0.1) is 0 Å². The number of rotatable bonds is 6. The fraction of sp³-hybridized carbons (Fsp3) is 0.125. The zero-order chi connectivity index (χ0) is 21.8. The number of anilines is 6. The Bertz CT molecular complexity index is 1150. The van der Waals surface area contributed by atoms with Crippen molar-refractivity contribution in [2.45, 2.75) is 13.8 Å². The molecule has 7 heteroatoms. The summed E-state index contributed by atoms with van der Waals surface area (Å²) in [6.07, 6.45) is 0. The van der Waals surface area contributed by atoms with Crippen LogP contribution in [0.15, 0.2) is 72.8 Å².